The van der Waals surface area contributed by atoms with E-state index < -0.39 is 39.1 Å². The highest BCUT2D eigenvalue weighted by atomic mass is 32.2. The minimum Gasteiger partial charge on any atom is -0.465 e. The maximum atomic E-state index is 12.7. The number of benzene rings is 1. The molecule has 12 heteroatoms. The van der Waals surface area contributed by atoms with Gasteiger partial charge >= 0.3 is 5.97 Å². The molecule has 2 aromatic rings. The Morgan fingerprint density at radius 3 is 2.64 bits per heavy atom. The van der Waals surface area contributed by atoms with Crippen molar-refractivity contribution >= 4 is 49.2 Å². The number of ether oxygens (including phenoxy) is 2. The van der Waals surface area contributed by atoms with Crippen LogP contribution in [0.3, 0.4) is 0 Å². The van der Waals surface area contributed by atoms with Gasteiger partial charge in [-0.25, -0.2) is 13.2 Å². The van der Waals surface area contributed by atoms with Gasteiger partial charge in [-0.05, 0) is 50.8 Å². The lowest BCUT2D eigenvalue weighted by Crippen LogP contribution is -2.46. The highest BCUT2D eigenvalue weighted by Gasteiger charge is 2.29. The van der Waals surface area contributed by atoms with E-state index in [-0.39, 0.29) is 6.04 Å². The summed E-state index contributed by atoms with van der Waals surface area (Å²) in [5.41, 5.74) is 1.08. The number of esters is 1. The Hall–Kier alpha value is -2.57. The van der Waals surface area contributed by atoms with Gasteiger partial charge in [-0.15, -0.1) is 0 Å². The number of carbonyl (C=O) groups is 3. The second kappa shape index (κ2) is 12.6. The Bertz CT molecular complexity index is 1280. The van der Waals surface area contributed by atoms with Gasteiger partial charge in [-0.3, -0.25) is 9.59 Å². The van der Waals surface area contributed by atoms with Gasteiger partial charge in [0.15, 0.2) is 14.6 Å². The summed E-state index contributed by atoms with van der Waals surface area (Å²) in [5, 5.41) is 0. The minimum absolute atomic E-state index is 0.0413. The first-order chi connectivity index (χ1) is 17.2. The number of rotatable bonds is 10. The zero-order valence-electron chi connectivity index (χ0n) is 20.9. The van der Waals surface area contributed by atoms with E-state index in [4.69, 9.17) is 9.47 Å². The molecule has 0 radical (unpaired) electrons. The van der Waals surface area contributed by atoms with Crippen LogP contribution in [0, 0.1) is 0 Å². The third-order valence-electron chi connectivity index (χ3n) is 6.09. The molecule has 1 aliphatic heterocycles. The lowest BCUT2D eigenvalue weighted by atomic mass is 10.0. The minimum atomic E-state index is -3.99. The van der Waals surface area contributed by atoms with Crippen LogP contribution in [0.2, 0.25) is 0 Å². The number of hydrogen-bond donors (Lipinski definition) is 0. The number of amides is 2. The van der Waals surface area contributed by atoms with Crippen molar-refractivity contribution in [3.63, 3.8) is 0 Å². The molecule has 0 aliphatic carbocycles. The predicted octanol–water partition coefficient (Wildman–Crippen LogP) is 2.16. The molecule has 0 N–H and O–H groups in total. The van der Waals surface area contributed by atoms with Crippen LogP contribution in [-0.4, -0.2) is 80.1 Å². The van der Waals surface area contributed by atoms with E-state index in [0.29, 0.717) is 41.4 Å². The fourth-order valence-corrected chi connectivity index (χ4v) is 6.52. The predicted molar refractivity (Wildman–Crippen MR) is 137 cm³/mol. The number of nitrogens with zero attached hydrogens (tertiary/aromatic N) is 3. The number of aromatic nitrogens is 1. The number of piperidine rings is 1. The summed E-state index contributed by atoms with van der Waals surface area (Å²) < 4.78 is 38.1. The number of likely N-dealkylation sites (tertiary alicyclic amines) is 1. The average molecular weight is 540 g/mol. The molecule has 36 heavy (non-hydrogen) atoms. The number of methoxy groups -OCH3 is 1. The molecular weight excluding hydrogens is 506 g/mol. The summed E-state index contributed by atoms with van der Waals surface area (Å²) >= 11 is 1.16. The van der Waals surface area contributed by atoms with Crippen molar-refractivity contribution in [2.75, 3.05) is 38.4 Å². The molecule has 198 valence electrons. The molecule has 1 fully saturated rings. The van der Waals surface area contributed by atoms with Gasteiger partial charge < -0.3 is 18.9 Å². The van der Waals surface area contributed by atoms with E-state index in [1.165, 1.54) is 7.11 Å². The highest BCUT2D eigenvalue weighted by molar-refractivity contribution is 7.92. The zero-order chi connectivity index (χ0) is 26.3. The SMILES string of the molecule is CCOCCn1c(=NC(=O)CS(=O)(=O)CC(=O)N2CCCCC2CC)sc2cc(C(=O)OC)ccc21. The Labute approximate surface area is 214 Å². The fraction of sp³-hybridized carbons (Fsp3) is 0.583. The molecule has 1 aliphatic rings. The van der Waals surface area contributed by atoms with Crippen LogP contribution in [0.5, 0.6) is 0 Å². The van der Waals surface area contributed by atoms with Crippen molar-refractivity contribution in [1.82, 2.24) is 9.47 Å². The van der Waals surface area contributed by atoms with Crippen LogP contribution in [0.15, 0.2) is 23.2 Å². The molecule has 1 atom stereocenters. The van der Waals surface area contributed by atoms with Gasteiger partial charge in [0.1, 0.15) is 11.5 Å². The standard InChI is InChI=1S/C24H33N3O7S2/c1-4-18-8-6-7-11-26(18)22(29)16-36(31,32)15-21(28)25-24-27(12-13-34-5-2)19-10-9-17(23(30)33-3)14-20(19)35-24/h9-10,14,18H,4-8,11-13,15-16H2,1-3H3. The maximum Gasteiger partial charge on any atom is 0.337 e. The number of thiazole rings is 1. The van der Waals surface area contributed by atoms with E-state index in [1.807, 2.05) is 13.8 Å². The number of hydrogen-bond acceptors (Lipinski definition) is 8. The van der Waals surface area contributed by atoms with Gasteiger partial charge in [-0.1, -0.05) is 18.3 Å². The van der Waals surface area contributed by atoms with Gasteiger partial charge in [-0.2, -0.15) is 4.99 Å². The smallest absolute Gasteiger partial charge is 0.337 e. The largest absolute Gasteiger partial charge is 0.465 e. The van der Waals surface area contributed by atoms with Gasteiger partial charge in [0.05, 0.1) is 29.5 Å². The quantitative estimate of drug-likeness (QED) is 0.335. The first-order valence-electron chi connectivity index (χ1n) is 12.1. The van der Waals surface area contributed by atoms with Crippen molar-refractivity contribution in [3.8, 4) is 0 Å². The molecular formula is C24H33N3O7S2. The van der Waals surface area contributed by atoms with Crippen LogP contribution in [0.1, 0.15) is 49.9 Å². The fourth-order valence-electron chi connectivity index (χ4n) is 4.32. The van der Waals surface area contributed by atoms with E-state index >= 15 is 0 Å². The Morgan fingerprint density at radius 2 is 1.94 bits per heavy atom. The normalized spacial score (nSPS) is 16.9. The molecule has 0 bridgehead atoms. The third kappa shape index (κ3) is 7.01. The Kier molecular flexibility index (Phi) is 9.80. The number of carbonyl (C=O) groups excluding carboxylic acids is 3. The van der Waals surface area contributed by atoms with Gasteiger partial charge in [0.2, 0.25) is 5.91 Å². The summed E-state index contributed by atoms with van der Waals surface area (Å²) in [5.74, 6) is -3.35. The van der Waals surface area contributed by atoms with E-state index in [9.17, 15) is 22.8 Å². The topological polar surface area (TPSA) is 124 Å². The van der Waals surface area contributed by atoms with E-state index in [1.54, 1.807) is 27.7 Å². The monoisotopic (exact) mass is 539 g/mol. The first kappa shape index (κ1) is 28.0. The van der Waals surface area contributed by atoms with Crippen molar-refractivity contribution in [2.45, 2.75) is 52.1 Å². The zero-order valence-corrected chi connectivity index (χ0v) is 22.5. The van der Waals surface area contributed by atoms with E-state index in [0.717, 1.165) is 42.5 Å². The van der Waals surface area contributed by atoms with Gasteiger partial charge in [0.25, 0.3) is 5.91 Å². The summed E-state index contributed by atoms with van der Waals surface area (Å²) in [6.45, 7) is 5.66. The molecule has 2 amide bonds. The molecule has 10 nitrogen and oxygen atoms in total. The summed E-state index contributed by atoms with van der Waals surface area (Å²) in [4.78, 5) is 43.3. The van der Waals surface area contributed by atoms with Crippen LogP contribution in [0.25, 0.3) is 10.2 Å². The van der Waals surface area contributed by atoms with Crippen molar-refractivity contribution in [2.24, 2.45) is 4.99 Å². The molecule has 0 saturated carbocycles. The third-order valence-corrected chi connectivity index (χ3v) is 8.51. The molecule has 1 aromatic carbocycles. The lowest BCUT2D eigenvalue weighted by molar-refractivity contribution is -0.132. The van der Waals surface area contributed by atoms with Crippen LogP contribution in [0.4, 0.5) is 0 Å². The highest BCUT2D eigenvalue weighted by Crippen LogP contribution is 2.21. The van der Waals surface area contributed by atoms with Crippen molar-refractivity contribution in [3.05, 3.63) is 28.6 Å². The first-order valence-corrected chi connectivity index (χ1v) is 14.7. The Balaban J connectivity index is 1.84. The number of fused-ring (bicyclic) bond motifs is 1. The van der Waals surface area contributed by atoms with Crippen LogP contribution < -0.4 is 4.80 Å². The molecule has 1 unspecified atom stereocenters. The summed E-state index contributed by atoms with van der Waals surface area (Å²) in [6, 6.07) is 5.03. The lowest BCUT2D eigenvalue weighted by Gasteiger charge is -2.35. The molecule has 2 heterocycles. The molecule has 1 saturated heterocycles. The summed E-state index contributed by atoms with van der Waals surface area (Å²) in [6.07, 6.45) is 3.50. The van der Waals surface area contributed by atoms with Crippen LogP contribution >= 0.6 is 11.3 Å². The van der Waals surface area contributed by atoms with Crippen molar-refractivity contribution < 1.29 is 32.3 Å². The average Bonchev–Trinajstić information content (AvgIpc) is 3.18. The second-order valence-corrected chi connectivity index (χ2v) is 11.7. The molecule has 0 spiro atoms. The molecule has 3 rings (SSSR count). The molecule has 1 aromatic heterocycles. The second-order valence-electron chi connectivity index (χ2n) is 8.59. The van der Waals surface area contributed by atoms with Crippen LogP contribution in [-0.2, 0) is 35.4 Å². The number of sulfone groups is 1. The maximum absolute atomic E-state index is 12.7. The van der Waals surface area contributed by atoms with Gasteiger partial charge in [0, 0.05) is 25.7 Å². The van der Waals surface area contributed by atoms with E-state index in [2.05, 4.69) is 4.99 Å². The van der Waals surface area contributed by atoms with Crippen molar-refractivity contribution in [1.29, 1.82) is 0 Å². The Morgan fingerprint density at radius 1 is 1.17 bits per heavy atom. The summed E-state index contributed by atoms with van der Waals surface area (Å²) in [7, 11) is -2.70.